The third-order valence-electron chi connectivity index (χ3n) is 2.73. The number of benzene rings is 1. The number of carbonyl (C=O) groups excluding carboxylic acids is 1. The van der Waals surface area contributed by atoms with Crippen molar-refractivity contribution >= 4 is 11.9 Å². The summed E-state index contributed by atoms with van der Waals surface area (Å²) in [7, 11) is 1.57. The first-order chi connectivity index (χ1) is 9.06. The number of rotatable bonds is 7. The lowest BCUT2D eigenvalue weighted by atomic mass is 10.1. The van der Waals surface area contributed by atoms with Gasteiger partial charge in [0.1, 0.15) is 11.8 Å². The number of hydrogen-bond acceptors (Lipinski definition) is 3. The average Bonchev–Trinajstić information content (AvgIpc) is 2.39. The second-order valence-electron chi connectivity index (χ2n) is 4.27. The molecule has 1 aromatic rings. The SMILES string of the molecule is CCC[C@H](NC(=O)Cc1ccc(OC)cc1)C(=O)O. The molecule has 0 fully saturated rings. The molecule has 1 atom stereocenters. The summed E-state index contributed by atoms with van der Waals surface area (Å²) in [6.07, 6.45) is 1.31. The van der Waals surface area contributed by atoms with Crippen LogP contribution < -0.4 is 10.1 Å². The summed E-state index contributed by atoms with van der Waals surface area (Å²) >= 11 is 0. The molecule has 0 heterocycles. The number of hydrogen-bond donors (Lipinski definition) is 2. The Morgan fingerprint density at radius 1 is 1.32 bits per heavy atom. The van der Waals surface area contributed by atoms with Crippen LogP contribution in [-0.4, -0.2) is 30.1 Å². The van der Waals surface area contributed by atoms with Gasteiger partial charge < -0.3 is 15.2 Å². The molecule has 0 unspecified atom stereocenters. The van der Waals surface area contributed by atoms with E-state index < -0.39 is 12.0 Å². The van der Waals surface area contributed by atoms with Crippen LogP contribution in [0.15, 0.2) is 24.3 Å². The molecule has 0 aliphatic rings. The number of amides is 1. The smallest absolute Gasteiger partial charge is 0.326 e. The molecule has 0 aromatic heterocycles. The summed E-state index contributed by atoms with van der Waals surface area (Å²) in [5.41, 5.74) is 0.818. The molecule has 2 N–H and O–H groups in total. The van der Waals surface area contributed by atoms with E-state index in [2.05, 4.69) is 5.32 Å². The van der Waals surface area contributed by atoms with Gasteiger partial charge in [-0.25, -0.2) is 4.79 Å². The minimum Gasteiger partial charge on any atom is -0.497 e. The van der Waals surface area contributed by atoms with Gasteiger partial charge in [0, 0.05) is 0 Å². The Labute approximate surface area is 112 Å². The molecule has 1 aromatic carbocycles. The van der Waals surface area contributed by atoms with Crippen molar-refractivity contribution in [1.29, 1.82) is 0 Å². The number of nitrogens with one attached hydrogen (secondary N) is 1. The number of carboxylic acids is 1. The minimum absolute atomic E-state index is 0.164. The predicted octanol–water partition coefficient (Wildman–Crippen LogP) is 1.61. The maximum Gasteiger partial charge on any atom is 0.326 e. The monoisotopic (exact) mass is 265 g/mol. The van der Waals surface area contributed by atoms with Crippen molar-refractivity contribution in [2.24, 2.45) is 0 Å². The Morgan fingerprint density at radius 3 is 2.42 bits per heavy atom. The van der Waals surface area contributed by atoms with Gasteiger partial charge in [-0.05, 0) is 24.1 Å². The zero-order valence-electron chi connectivity index (χ0n) is 11.2. The van der Waals surface area contributed by atoms with Crippen molar-refractivity contribution in [3.8, 4) is 5.75 Å². The Kier molecular flexibility index (Phi) is 5.85. The highest BCUT2D eigenvalue weighted by Gasteiger charge is 2.18. The zero-order chi connectivity index (χ0) is 14.3. The van der Waals surface area contributed by atoms with Crippen LogP contribution in [-0.2, 0) is 16.0 Å². The summed E-state index contributed by atoms with van der Waals surface area (Å²) in [6.45, 7) is 1.88. The van der Waals surface area contributed by atoms with E-state index in [1.165, 1.54) is 0 Å². The molecule has 0 bridgehead atoms. The van der Waals surface area contributed by atoms with E-state index >= 15 is 0 Å². The molecular formula is C14H19NO4. The van der Waals surface area contributed by atoms with Crippen LogP contribution in [0.25, 0.3) is 0 Å². The van der Waals surface area contributed by atoms with Crippen LogP contribution in [0.4, 0.5) is 0 Å². The van der Waals surface area contributed by atoms with Crippen LogP contribution in [0.2, 0.25) is 0 Å². The lowest BCUT2D eigenvalue weighted by molar-refractivity contribution is -0.141. The number of aliphatic carboxylic acids is 1. The normalized spacial score (nSPS) is 11.7. The Hall–Kier alpha value is -2.04. The highest BCUT2D eigenvalue weighted by molar-refractivity contribution is 5.84. The van der Waals surface area contributed by atoms with Gasteiger partial charge in [-0.1, -0.05) is 25.5 Å². The Morgan fingerprint density at radius 2 is 1.95 bits per heavy atom. The Bertz CT molecular complexity index is 428. The number of methoxy groups -OCH3 is 1. The van der Waals surface area contributed by atoms with Gasteiger partial charge in [-0.2, -0.15) is 0 Å². The summed E-state index contributed by atoms with van der Waals surface area (Å²) < 4.78 is 5.02. The fourth-order valence-corrected chi connectivity index (χ4v) is 1.72. The average molecular weight is 265 g/mol. The quantitative estimate of drug-likeness (QED) is 0.785. The van der Waals surface area contributed by atoms with Gasteiger partial charge in [0.25, 0.3) is 0 Å². The van der Waals surface area contributed by atoms with Gasteiger partial charge in [0.2, 0.25) is 5.91 Å². The fourth-order valence-electron chi connectivity index (χ4n) is 1.72. The van der Waals surface area contributed by atoms with E-state index in [0.717, 1.165) is 11.3 Å². The van der Waals surface area contributed by atoms with Crippen LogP contribution >= 0.6 is 0 Å². The lowest BCUT2D eigenvalue weighted by Crippen LogP contribution is -2.41. The topological polar surface area (TPSA) is 75.6 Å². The molecular weight excluding hydrogens is 246 g/mol. The van der Waals surface area contributed by atoms with Gasteiger partial charge in [-0.15, -0.1) is 0 Å². The molecule has 0 saturated heterocycles. The van der Waals surface area contributed by atoms with Crippen molar-refractivity contribution in [2.45, 2.75) is 32.2 Å². The lowest BCUT2D eigenvalue weighted by Gasteiger charge is -2.13. The maximum atomic E-state index is 11.8. The van der Waals surface area contributed by atoms with Gasteiger partial charge >= 0.3 is 5.97 Å². The first kappa shape index (κ1) is 15.0. The molecule has 104 valence electrons. The van der Waals surface area contributed by atoms with Crippen LogP contribution in [0.1, 0.15) is 25.3 Å². The van der Waals surface area contributed by atoms with Crippen molar-refractivity contribution in [3.63, 3.8) is 0 Å². The molecule has 5 heteroatoms. The van der Waals surface area contributed by atoms with E-state index in [9.17, 15) is 9.59 Å². The van der Waals surface area contributed by atoms with Crippen LogP contribution in [0, 0.1) is 0 Å². The zero-order valence-corrected chi connectivity index (χ0v) is 11.2. The van der Waals surface area contributed by atoms with E-state index in [0.29, 0.717) is 12.8 Å². The predicted molar refractivity (Wildman–Crippen MR) is 71.2 cm³/mol. The molecule has 19 heavy (non-hydrogen) atoms. The second-order valence-corrected chi connectivity index (χ2v) is 4.27. The van der Waals surface area contributed by atoms with E-state index in [-0.39, 0.29) is 12.3 Å². The van der Waals surface area contributed by atoms with E-state index in [1.807, 2.05) is 6.92 Å². The number of ether oxygens (including phenoxy) is 1. The van der Waals surface area contributed by atoms with Gasteiger partial charge in [-0.3, -0.25) is 4.79 Å². The second kappa shape index (κ2) is 7.41. The molecule has 0 aliphatic heterocycles. The van der Waals surface area contributed by atoms with Crippen molar-refractivity contribution in [1.82, 2.24) is 5.32 Å². The van der Waals surface area contributed by atoms with E-state index in [1.54, 1.807) is 31.4 Å². The van der Waals surface area contributed by atoms with Crippen molar-refractivity contribution < 1.29 is 19.4 Å². The van der Waals surface area contributed by atoms with Gasteiger partial charge in [0.15, 0.2) is 0 Å². The fraction of sp³-hybridized carbons (Fsp3) is 0.429. The Balaban J connectivity index is 2.55. The molecule has 5 nitrogen and oxygen atoms in total. The third kappa shape index (κ3) is 4.99. The van der Waals surface area contributed by atoms with Crippen LogP contribution in [0.3, 0.4) is 0 Å². The van der Waals surface area contributed by atoms with Crippen molar-refractivity contribution in [2.75, 3.05) is 7.11 Å². The molecule has 0 saturated carbocycles. The summed E-state index contributed by atoms with van der Waals surface area (Å²) in [5.74, 6) is -0.561. The first-order valence-electron chi connectivity index (χ1n) is 6.22. The summed E-state index contributed by atoms with van der Waals surface area (Å²) in [4.78, 5) is 22.7. The molecule has 1 amide bonds. The maximum absolute atomic E-state index is 11.8. The standard InChI is InChI=1S/C14H19NO4/c1-3-4-12(14(17)18)15-13(16)9-10-5-7-11(19-2)8-6-10/h5-8,12H,3-4,9H2,1-2H3,(H,15,16)(H,17,18)/t12-/m0/s1. The highest BCUT2D eigenvalue weighted by Crippen LogP contribution is 2.11. The number of carboxylic acid groups (broad SMARTS) is 1. The molecule has 0 aliphatic carbocycles. The molecule has 0 spiro atoms. The molecule has 1 rings (SSSR count). The number of carbonyl (C=O) groups is 2. The largest absolute Gasteiger partial charge is 0.497 e. The van der Waals surface area contributed by atoms with Crippen LogP contribution in [0.5, 0.6) is 5.75 Å². The minimum atomic E-state index is -0.995. The highest BCUT2D eigenvalue weighted by atomic mass is 16.5. The molecule has 0 radical (unpaired) electrons. The first-order valence-corrected chi connectivity index (χ1v) is 6.22. The van der Waals surface area contributed by atoms with E-state index in [4.69, 9.17) is 9.84 Å². The third-order valence-corrected chi connectivity index (χ3v) is 2.73. The summed E-state index contributed by atoms with van der Waals surface area (Å²) in [6, 6.07) is 6.30. The van der Waals surface area contributed by atoms with Gasteiger partial charge in [0.05, 0.1) is 13.5 Å². The summed E-state index contributed by atoms with van der Waals surface area (Å²) in [5, 5.41) is 11.5. The van der Waals surface area contributed by atoms with Crippen molar-refractivity contribution in [3.05, 3.63) is 29.8 Å².